The standard InChI is InChI=1S/C26H28N2O3.ClH/c29-26(25-7-3-4-16-30-25)28-14-12-23(13-15-28)31-22-10-8-19(9-11-22)21-17-20-5-1-2-6-24(20)27-18-21;/h1-2,5-6,8-11,17-18,23,25H,3-4,7,12-16H2;1H. The van der Waals surface area contributed by atoms with Crippen LogP contribution < -0.4 is 4.74 Å². The third kappa shape index (κ3) is 5.05. The number of carbonyl (C=O) groups excluding carboxylic acids is 1. The number of piperidine rings is 1. The topological polar surface area (TPSA) is 51.7 Å². The molecule has 0 aliphatic carbocycles. The average molecular weight is 453 g/mol. The largest absolute Gasteiger partial charge is 0.490 e. The molecule has 6 heteroatoms. The Labute approximate surface area is 195 Å². The van der Waals surface area contributed by atoms with Crippen molar-refractivity contribution >= 4 is 29.2 Å². The molecular weight excluding hydrogens is 424 g/mol. The van der Waals surface area contributed by atoms with E-state index in [4.69, 9.17) is 9.47 Å². The Morgan fingerprint density at radius 3 is 2.50 bits per heavy atom. The molecule has 1 aromatic heterocycles. The average Bonchev–Trinajstić information content (AvgIpc) is 2.85. The minimum atomic E-state index is -0.233. The number of benzene rings is 2. The van der Waals surface area contributed by atoms with Crippen LogP contribution in [0.25, 0.3) is 22.0 Å². The second-order valence-electron chi connectivity index (χ2n) is 8.44. The summed E-state index contributed by atoms with van der Waals surface area (Å²) in [6.45, 7) is 2.19. The van der Waals surface area contributed by atoms with Crippen molar-refractivity contribution in [1.82, 2.24) is 9.88 Å². The van der Waals surface area contributed by atoms with Crippen LogP contribution in [0, 0.1) is 0 Å². The van der Waals surface area contributed by atoms with Gasteiger partial charge in [0.15, 0.2) is 0 Å². The summed E-state index contributed by atoms with van der Waals surface area (Å²) < 4.78 is 11.9. The van der Waals surface area contributed by atoms with Gasteiger partial charge in [0.2, 0.25) is 0 Å². The molecule has 3 aromatic rings. The number of fused-ring (bicyclic) bond motifs is 1. The predicted molar refractivity (Wildman–Crippen MR) is 128 cm³/mol. The molecule has 32 heavy (non-hydrogen) atoms. The van der Waals surface area contributed by atoms with Crippen LogP contribution in [-0.4, -0.2) is 47.7 Å². The van der Waals surface area contributed by atoms with Crippen LogP contribution in [0.1, 0.15) is 32.1 Å². The van der Waals surface area contributed by atoms with Crippen LogP contribution in [0.15, 0.2) is 60.8 Å². The molecule has 168 valence electrons. The Bertz CT molecular complexity index is 1040. The third-order valence-corrected chi connectivity index (χ3v) is 6.29. The van der Waals surface area contributed by atoms with Gasteiger partial charge in [-0.3, -0.25) is 9.78 Å². The number of halogens is 1. The van der Waals surface area contributed by atoms with Gasteiger partial charge in [0.25, 0.3) is 5.91 Å². The van der Waals surface area contributed by atoms with Crippen molar-refractivity contribution in [2.45, 2.75) is 44.3 Å². The number of likely N-dealkylation sites (tertiary alicyclic amines) is 1. The van der Waals surface area contributed by atoms with Crippen molar-refractivity contribution in [3.8, 4) is 16.9 Å². The normalized spacial score (nSPS) is 19.4. The summed E-state index contributed by atoms with van der Waals surface area (Å²) in [5.74, 6) is 1.03. The van der Waals surface area contributed by atoms with Crippen LogP contribution in [-0.2, 0) is 9.53 Å². The van der Waals surface area contributed by atoms with Crippen molar-refractivity contribution < 1.29 is 14.3 Å². The number of amides is 1. The van der Waals surface area contributed by atoms with E-state index in [1.54, 1.807) is 0 Å². The molecule has 2 aliphatic heterocycles. The predicted octanol–water partition coefficient (Wildman–Crippen LogP) is 5.26. The zero-order valence-corrected chi connectivity index (χ0v) is 18.9. The molecule has 2 saturated heterocycles. The molecule has 1 atom stereocenters. The molecule has 3 heterocycles. The lowest BCUT2D eigenvalue weighted by molar-refractivity contribution is -0.148. The lowest BCUT2D eigenvalue weighted by atomic mass is 10.0. The van der Waals surface area contributed by atoms with Crippen LogP contribution in [0.4, 0.5) is 0 Å². The summed E-state index contributed by atoms with van der Waals surface area (Å²) in [6, 6.07) is 18.5. The molecule has 2 aromatic carbocycles. The molecule has 5 nitrogen and oxygen atoms in total. The lowest BCUT2D eigenvalue weighted by Crippen LogP contribution is -2.47. The van der Waals surface area contributed by atoms with Crippen molar-refractivity contribution in [3.63, 3.8) is 0 Å². The molecule has 1 unspecified atom stereocenters. The smallest absolute Gasteiger partial charge is 0.251 e. The van der Waals surface area contributed by atoms with Crippen molar-refractivity contribution in [2.24, 2.45) is 0 Å². The first-order chi connectivity index (χ1) is 15.3. The number of rotatable bonds is 4. The summed E-state index contributed by atoms with van der Waals surface area (Å²) >= 11 is 0. The van der Waals surface area contributed by atoms with Gasteiger partial charge >= 0.3 is 0 Å². The minimum Gasteiger partial charge on any atom is -0.490 e. The van der Waals surface area contributed by atoms with E-state index in [9.17, 15) is 4.79 Å². The van der Waals surface area contributed by atoms with E-state index in [1.165, 1.54) is 0 Å². The number of hydrogen-bond donors (Lipinski definition) is 0. The molecule has 0 N–H and O–H groups in total. The summed E-state index contributed by atoms with van der Waals surface area (Å²) in [5, 5.41) is 1.14. The third-order valence-electron chi connectivity index (χ3n) is 6.29. The second kappa shape index (κ2) is 10.3. The van der Waals surface area contributed by atoms with E-state index in [0.29, 0.717) is 6.61 Å². The molecule has 0 saturated carbocycles. The minimum absolute atomic E-state index is 0. The molecule has 1 amide bonds. The van der Waals surface area contributed by atoms with E-state index >= 15 is 0 Å². The van der Waals surface area contributed by atoms with E-state index in [0.717, 1.165) is 73.0 Å². The number of carbonyl (C=O) groups is 1. The zero-order chi connectivity index (χ0) is 21.0. The number of aromatic nitrogens is 1. The first-order valence-electron chi connectivity index (χ1n) is 11.3. The van der Waals surface area contributed by atoms with E-state index in [1.807, 2.05) is 41.4 Å². The summed E-state index contributed by atoms with van der Waals surface area (Å²) in [6.07, 6.45) is 6.55. The molecule has 0 spiro atoms. The van der Waals surface area contributed by atoms with Gasteiger partial charge in [-0.15, -0.1) is 12.4 Å². The van der Waals surface area contributed by atoms with Crippen LogP contribution in [0.2, 0.25) is 0 Å². The highest BCUT2D eigenvalue weighted by Crippen LogP contribution is 2.27. The summed E-state index contributed by atoms with van der Waals surface area (Å²) in [5.41, 5.74) is 3.23. The van der Waals surface area contributed by atoms with E-state index in [-0.39, 0.29) is 30.5 Å². The highest BCUT2D eigenvalue weighted by molar-refractivity contribution is 5.85. The number of pyridine rings is 1. The summed E-state index contributed by atoms with van der Waals surface area (Å²) in [7, 11) is 0. The Hall–Kier alpha value is -2.63. The van der Waals surface area contributed by atoms with E-state index in [2.05, 4.69) is 29.2 Å². The fourth-order valence-corrected chi connectivity index (χ4v) is 4.48. The first-order valence-corrected chi connectivity index (χ1v) is 11.3. The van der Waals surface area contributed by atoms with Gasteiger partial charge in [-0.05, 0) is 49.1 Å². The van der Waals surface area contributed by atoms with Gasteiger partial charge in [0.05, 0.1) is 5.52 Å². The monoisotopic (exact) mass is 452 g/mol. The van der Waals surface area contributed by atoms with Crippen molar-refractivity contribution in [3.05, 3.63) is 60.8 Å². The fourth-order valence-electron chi connectivity index (χ4n) is 4.48. The number of nitrogens with zero attached hydrogens (tertiary/aromatic N) is 2. The first kappa shape index (κ1) is 22.6. The molecular formula is C26H29ClN2O3. The van der Waals surface area contributed by atoms with E-state index < -0.39 is 0 Å². The Balaban J connectivity index is 0.00000245. The maximum atomic E-state index is 12.6. The lowest BCUT2D eigenvalue weighted by Gasteiger charge is -2.35. The second-order valence-corrected chi connectivity index (χ2v) is 8.44. The maximum Gasteiger partial charge on any atom is 0.251 e. The Morgan fingerprint density at radius 1 is 0.969 bits per heavy atom. The number of hydrogen-bond acceptors (Lipinski definition) is 4. The molecule has 5 rings (SSSR count). The number of ether oxygens (including phenoxy) is 2. The van der Waals surface area contributed by atoms with Crippen molar-refractivity contribution in [2.75, 3.05) is 19.7 Å². The van der Waals surface area contributed by atoms with Crippen LogP contribution in [0.5, 0.6) is 5.75 Å². The molecule has 0 radical (unpaired) electrons. The Morgan fingerprint density at radius 2 is 1.75 bits per heavy atom. The van der Waals surface area contributed by atoms with Crippen molar-refractivity contribution in [1.29, 1.82) is 0 Å². The maximum absolute atomic E-state index is 12.6. The van der Waals surface area contributed by atoms with Gasteiger partial charge in [-0.2, -0.15) is 0 Å². The SMILES string of the molecule is Cl.O=C(C1CCCCO1)N1CCC(Oc2ccc(-c3cnc4ccccc4c3)cc2)CC1. The van der Waals surface area contributed by atoms with Gasteiger partial charge in [-0.25, -0.2) is 0 Å². The molecule has 2 fully saturated rings. The van der Waals surface area contributed by atoms with Crippen LogP contribution >= 0.6 is 12.4 Å². The van der Waals surface area contributed by atoms with Gasteiger partial charge in [-0.1, -0.05) is 30.3 Å². The number of para-hydroxylation sites is 1. The van der Waals surface area contributed by atoms with Gasteiger partial charge in [0, 0.05) is 49.7 Å². The zero-order valence-electron chi connectivity index (χ0n) is 18.1. The quantitative estimate of drug-likeness (QED) is 0.541. The fraction of sp³-hybridized carbons (Fsp3) is 0.385. The molecule has 0 bridgehead atoms. The molecule has 2 aliphatic rings. The Kier molecular flexibility index (Phi) is 7.28. The van der Waals surface area contributed by atoms with Crippen LogP contribution in [0.3, 0.4) is 0 Å². The summed E-state index contributed by atoms with van der Waals surface area (Å²) in [4.78, 5) is 19.1. The highest BCUT2D eigenvalue weighted by Gasteiger charge is 2.30. The highest BCUT2D eigenvalue weighted by atomic mass is 35.5. The van der Waals surface area contributed by atoms with Gasteiger partial charge in [0.1, 0.15) is 18.0 Å². The van der Waals surface area contributed by atoms with Gasteiger partial charge < -0.3 is 14.4 Å².